The topological polar surface area (TPSA) is 82.6 Å². The second kappa shape index (κ2) is 9.36. The molecule has 2 aromatic rings. The minimum absolute atomic E-state index is 0.228. The Balaban J connectivity index is 1.39. The lowest BCUT2D eigenvalue weighted by molar-refractivity contribution is 0.102. The maximum atomic E-state index is 12.8. The van der Waals surface area contributed by atoms with E-state index in [1.165, 1.54) is 35.7 Å². The van der Waals surface area contributed by atoms with Crippen LogP contribution >= 0.6 is 0 Å². The van der Waals surface area contributed by atoms with Crippen LogP contribution in [0.25, 0.3) is 0 Å². The molecule has 0 aliphatic carbocycles. The standard InChI is InChI=1S/C23H30N4O3S/c1-18-11-15-27(16-12-18)31(29,30)21-8-5-19(6-9-21)23(28)25-20-7-10-22(24-17-20)26-13-3-2-4-14-26/h5-10,17-18H,2-4,11-16H2,1H3,(H,25,28). The van der Waals surface area contributed by atoms with Gasteiger partial charge in [-0.3, -0.25) is 4.79 Å². The van der Waals surface area contributed by atoms with Gasteiger partial charge in [0.25, 0.3) is 5.91 Å². The number of carbonyl (C=O) groups excluding carboxylic acids is 1. The van der Waals surface area contributed by atoms with Crippen LogP contribution in [0.3, 0.4) is 0 Å². The molecule has 166 valence electrons. The van der Waals surface area contributed by atoms with Crippen LogP contribution in [0, 0.1) is 5.92 Å². The summed E-state index contributed by atoms with van der Waals surface area (Å²) in [6.07, 6.45) is 7.06. The van der Waals surface area contributed by atoms with Crippen molar-refractivity contribution in [2.45, 2.75) is 43.9 Å². The van der Waals surface area contributed by atoms with Gasteiger partial charge in [0.05, 0.1) is 16.8 Å². The molecule has 0 radical (unpaired) electrons. The van der Waals surface area contributed by atoms with Crippen LogP contribution in [0.4, 0.5) is 11.5 Å². The number of anilines is 2. The van der Waals surface area contributed by atoms with Gasteiger partial charge in [-0.05, 0) is 74.4 Å². The van der Waals surface area contributed by atoms with Crippen LogP contribution in [0.15, 0.2) is 47.5 Å². The van der Waals surface area contributed by atoms with Crippen molar-refractivity contribution in [1.82, 2.24) is 9.29 Å². The number of carbonyl (C=O) groups is 1. The molecule has 4 rings (SSSR count). The zero-order valence-electron chi connectivity index (χ0n) is 18.0. The molecular weight excluding hydrogens is 412 g/mol. The molecule has 1 amide bonds. The van der Waals surface area contributed by atoms with Crippen molar-refractivity contribution in [3.8, 4) is 0 Å². The fraction of sp³-hybridized carbons (Fsp3) is 0.478. The number of amides is 1. The monoisotopic (exact) mass is 442 g/mol. The first kappa shape index (κ1) is 21.8. The highest BCUT2D eigenvalue weighted by Crippen LogP contribution is 2.24. The molecule has 7 nitrogen and oxygen atoms in total. The van der Waals surface area contributed by atoms with Crippen LogP contribution in [0.2, 0.25) is 0 Å². The number of piperidine rings is 2. The van der Waals surface area contributed by atoms with Crippen LogP contribution in [-0.2, 0) is 10.0 Å². The van der Waals surface area contributed by atoms with Crippen LogP contribution in [0.5, 0.6) is 0 Å². The summed E-state index contributed by atoms with van der Waals surface area (Å²) < 4.78 is 27.2. The van der Waals surface area contributed by atoms with Gasteiger partial charge in [-0.25, -0.2) is 13.4 Å². The maximum absolute atomic E-state index is 12.8. The Bertz CT molecular complexity index is 992. The van der Waals surface area contributed by atoms with Crippen LogP contribution < -0.4 is 10.2 Å². The number of hydrogen-bond donors (Lipinski definition) is 1. The summed E-state index contributed by atoms with van der Waals surface area (Å²) in [6.45, 7) is 5.28. The molecule has 0 unspecified atom stereocenters. The highest BCUT2D eigenvalue weighted by Gasteiger charge is 2.28. The van der Waals surface area contributed by atoms with E-state index in [0.29, 0.717) is 30.3 Å². The van der Waals surface area contributed by atoms with Crippen molar-refractivity contribution < 1.29 is 13.2 Å². The van der Waals surface area contributed by atoms with E-state index in [-0.39, 0.29) is 10.8 Å². The zero-order valence-corrected chi connectivity index (χ0v) is 18.8. The quantitative estimate of drug-likeness (QED) is 0.763. The summed E-state index contributed by atoms with van der Waals surface area (Å²) in [6, 6.07) is 9.93. The van der Waals surface area contributed by atoms with E-state index in [2.05, 4.69) is 22.1 Å². The number of rotatable bonds is 5. The summed E-state index contributed by atoms with van der Waals surface area (Å²) in [5.41, 5.74) is 1.02. The van der Waals surface area contributed by atoms with E-state index in [9.17, 15) is 13.2 Å². The largest absolute Gasteiger partial charge is 0.357 e. The Morgan fingerprint density at radius 2 is 1.65 bits per heavy atom. The van der Waals surface area contributed by atoms with Crippen molar-refractivity contribution >= 4 is 27.4 Å². The Hall–Kier alpha value is -2.45. The van der Waals surface area contributed by atoms with Gasteiger partial charge < -0.3 is 10.2 Å². The molecule has 31 heavy (non-hydrogen) atoms. The third-order valence-corrected chi connectivity index (χ3v) is 8.10. The fourth-order valence-electron chi connectivity index (χ4n) is 4.13. The van der Waals surface area contributed by atoms with E-state index in [1.807, 2.05) is 12.1 Å². The second-order valence-electron chi connectivity index (χ2n) is 8.52. The van der Waals surface area contributed by atoms with Gasteiger partial charge in [0.15, 0.2) is 0 Å². The smallest absolute Gasteiger partial charge is 0.255 e. The summed E-state index contributed by atoms with van der Waals surface area (Å²) in [4.78, 5) is 19.6. The van der Waals surface area contributed by atoms with Gasteiger partial charge in [0.1, 0.15) is 5.82 Å². The normalized spacial score (nSPS) is 18.7. The maximum Gasteiger partial charge on any atom is 0.255 e. The van der Waals surface area contributed by atoms with E-state index in [4.69, 9.17) is 0 Å². The highest BCUT2D eigenvalue weighted by atomic mass is 32.2. The van der Waals surface area contributed by atoms with E-state index >= 15 is 0 Å². The number of pyridine rings is 1. The minimum atomic E-state index is -3.52. The lowest BCUT2D eigenvalue weighted by Gasteiger charge is -2.29. The van der Waals surface area contributed by atoms with Gasteiger partial charge in [0.2, 0.25) is 10.0 Å². The average Bonchev–Trinajstić information content (AvgIpc) is 2.80. The Kier molecular flexibility index (Phi) is 6.57. The first-order valence-corrected chi connectivity index (χ1v) is 12.5. The Labute approximate surface area is 184 Å². The van der Waals surface area contributed by atoms with E-state index < -0.39 is 10.0 Å². The molecule has 1 aromatic heterocycles. The predicted octanol–water partition coefficient (Wildman–Crippen LogP) is 3.74. The number of hydrogen-bond acceptors (Lipinski definition) is 5. The van der Waals surface area contributed by atoms with Crippen molar-refractivity contribution in [2.75, 3.05) is 36.4 Å². The Morgan fingerprint density at radius 1 is 0.968 bits per heavy atom. The molecule has 2 aliphatic rings. The number of sulfonamides is 1. The molecule has 0 spiro atoms. The second-order valence-corrected chi connectivity index (χ2v) is 10.5. The van der Waals surface area contributed by atoms with Gasteiger partial charge >= 0.3 is 0 Å². The van der Waals surface area contributed by atoms with Gasteiger partial charge in [-0.1, -0.05) is 6.92 Å². The predicted molar refractivity (Wildman–Crippen MR) is 122 cm³/mol. The molecule has 0 bridgehead atoms. The van der Waals surface area contributed by atoms with Crippen molar-refractivity contribution in [3.05, 3.63) is 48.2 Å². The van der Waals surface area contributed by atoms with Gasteiger partial charge in [-0.15, -0.1) is 0 Å². The average molecular weight is 443 g/mol. The molecule has 3 heterocycles. The van der Waals surface area contributed by atoms with Crippen molar-refractivity contribution in [3.63, 3.8) is 0 Å². The molecule has 2 fully saturated rings. The lowest BCUT2D eigenvalue weighted by atomic mass is 10.0. The summed E-state index contributed by atoms with van der Waals surface area (Å²) in [5.74, 6) is 1.20. The molecule has 1 aromatic carbocycles. The Morgan fingerprint density at radius 3 is 2.26 bits per heavy atom. The molecule has 8 heteroatoms. The third kappa shape index (κ3) is 5.07. The number of nitrogens with one attached hydrogen (secondary N) is 1. The van der Waals surface area contributed by atoms with Crippen molar-refractivity contribution in [2.24, 2.45) is 5.92 Å². The molecule has 2 saturated heterocycles. The first-order valence-electron chi connectivity index (χ1n) is 11.1. The van der Waals surface area contributed by atoms with Gasteiger partial charge in [-0.2, -0.15) is 4.31 Å². The van der Waals surface area contributed by atoms with Crippen LogP contribution in [0.1, 0.15) is 49.4 Å². The molecule has 1 N–H and O–H groups in total. The molecule has 0 atom stereocenters. The lowest BCUT2D eigenvalue weighted by Crippen LogP contribution is -2.37. The van der Waals surface area contributed by atoms with Crippen molar-refractivity contribution in [1.29, 1.82) is 0 Å². The highest BCUT2D eigenvalue weighted by molar-refractivity contribution is 7.89. The molecule has 0 saturated carbocycles. The van der Waals surface area contributed by atoms with E-state index in [0.717, 1.165) is 31.7 Å². The van der Waals surface area contributed by atoms with Gasteiger partial charge in [0, 0.05) is 31.7 Å². The number of aromatic nitrogens is 1. The first-order chi connectivity index (χ1) is 14.9. The summed E-state index contributed by atoms with van der Waals surface area (Å²) in [7, 11) is -3.52. The molecular formula is C23H30N4O3S. The minimum Gasteiger partial charge on any atom is -0.357 e. The summed E-state index contributed by atoms with van der Waals surface area (Å²) in [5, 5.41) is 2.83. The fourth-order valence-corrected chi connectivity index (χ4v) is 5.60. The summed E-state index contributed by atoms with van der Waals surface area (Å²) >= 11 is 0. The zero-order chi connectivity index (χ0) is 21.8. The number of benzene rings is 1. The molecule has 2 aliphatic heterocycles. The SMILES string of the molecule is CC1CCN(S(=O)(=O)c2ccc(C(=O)Nc3ccc(N4CCCCC4)nc3)cc2)CC1. The van der Waals surface area contributed by atoms with E-state index in [1.54, 1.807) is 18.3 Å². The third-order valence-electron chi connectivity index (χ3n) is 6.18. The number of nitrogens with zero attached hydrogens (tertiary/aromatic N) is 3. The van der Waals surface area contributed by atoms with Crippen LogP contribution in [-0.4, -0.2) is 49.8 Å².